The molecule has 0 fully saturated rings. The van der Waals surface area contributed by atoms with Crippen molar-refractivity contribution in [3.8, 4) is 17.6 Å². The highest BCUT2D eigenvalue weighted by molar-refractivity contribution is 7.92. The molecule has 0 unspecified atom stereocenters. The number of amides is 1. The first-order chi connectivity index (χ1) is 15.8. The first-order valence-electron chi connectivity index (χ1n) is 9.56. The third-order valence-electron chi connectivity index (χ3n) is 4.30. The van der Waals surface area contributed by atoms with Crippen molar-refractivity contribution in [3.63, 3.8) is 0 Å². The maximum atomic E-state index is 12.7. The normalized spacial score (nSPS) is 11.1. The number of benzene rings is 2. The van der Waals surface area contributed by atoms with Crippen LogP contribution in [0.5, 0.6) is 17.6 Å². The average molecular weight is 471 g/mol. The highest BCUT2D eigenvalue weighted by Gasteiger charge is 2.17. The van der Waals surface area contributed by atoms with E-state index in [4.69, 9.17) is 14.2 Å². The van der Waals surface area contributed by atoms with E-state index in [0.717, 1.165) is 5.56 Å². The summed E-state index contributed by atoms with van der Waals surface area (Å²) in [5, 5.41) is 2.67. The van der Waals surface area contributed by atoms with Gasteiger partial charge < -0.3 is 19.5 Å². The van der Waals surface area contributed by atoms with Crippen LogP contribution >= 0.6 is 0 Å². The molecule has 0 saturated carbocycles. The van der Waals surface area contributed by atoms with Gasteiger partial charge in [-0.2, -0.15) is 9.97 Å². The molecule has 2 aromatic carbocycles. The first kappa shape index (κ1) is 23.5. The Balaban J connectivity index is 1.69. The van der Waals surface area contributed by atoms with Crippen molar-refractivity contribution in [1.82, 2.24) is 9.97 Å². The van der Waals surface area contributed by atoms with Crippen LogP contribution in [0.15, 0.2) is 65.6 Å². The van der Waals surface area contributed by atoms with Gasteiger partial charge in [0.1, 0.15) is 5.75 Å². The molecule has 0 bridgehead atoms. The van der Waals surface area contributed by atoms with Crippen LogP contribution in [-0.2, 0) is 14.8 Å². The Kier molecular flexibility index (Phi) is 7.46. The van der Waals surface area contributed by atoms with Crippen molar-refractivity contribution < 1.29 is 27.4 Å². The molecule has 172 valence electrons. The van der Waals surface area contributed by atoms with Crippen LogP contribution in [0.25, 0.3) is 6.08 Å². The number of nitrogens with zero attached hydrogens (tertiary/aromatic N) is 2. The number of anilines is 2. The Morgan fingerprint density at radius 3 is 2.33 bits per heavy atom. The average Bonchev–Trinajstić information content (AvgIpc) is 2.82. The van der Waals surface area contributed by atoms with Crippen molar-refractivity contribution in [2.45, 2.75) is 4.90 Å². The van der Waals surface area contributed by atoms with Crippen LogP contribution in [0.4, 0.5) is 11.5 Å². The quantitative estimate of drug-likeness (QED) is 0.457. The highest BCUT2D eigenvalue weighted by atomic mass is 32.2. The molecule has 0 aliphatic rings. The minimum atomic E-state index is -3.95. The number of methoxy groups -OCH3 is 3. The number of ether oxygens (including phenoxy) is 3. The summed E-state index contributed by atoms with van der Waals surface area (Å²) in [5.74, 6) is 0.383. The molecule has 33 heavy (non-hydrogen) atoms. The summed E-state index contributed by atoms with van der Waals surface area (Å²) < 4.78 is 42.9. The summed E-state index contributed by atoms with van der Waals surface area (Å²) >= 11 is 0. The second-order valence-corrected chi connectivity index (χ2v) is 8.16. The van der Waals surface area contributed by atoms with Gasteiger partial charge in [0, 0.05) is 23.4 Å². The van der Waals surface area contributed by atoms with Gasteiger partial charge in [-0.3, -0.25) is 9.52 Å². The monoisotopic (exact) mass is 470 g/mol. The Bertz CT molecular complexity index is 1240. The molecular weight excluding hydrogens is 448 g/mol. The fraction of sp³-hybridized carbons (Fsp3) is 0.136. The SMILES string of the molecule is COc1cc(NS(=O)(=O)c2ccc(NC(=O)C=Cc3ccccc3OC)cc2)nc(OC)n1. The van der Waals surface area contributed by atoms with Gasteiger partial charge in [-0.25, -0.2) is 8.42 Å². The maximum Gasteiger partial charge on any atom is 0.321 e. The Labute approximate surface area is 191 Å². The largest absolute Gasteiger partial charge is 0.496 e. The van der Waals surface area contributed by atoms with Crippen LogP contribution in [0, 0.1) is 0 Å². The lowest BCUT2D eigenvalue weighted by atomic mass is 10.2. The number of aromatic nitrogens is 2. The number of rotatable bonds is 9. The summed E-state index contributed by atoms with van der Waals surface area (Å²) in [4.78, 5) is 20.1. The third kappa shape index (κ3) is 6.20. The van der Waals surface area contributed by atoms with E-state index < -0.39 is 10.0 Å². The lowest BCUT2D eigenvalue weighted by molar-refractivity contribution is -0.111. The van der Waals surface area contributed by atoms with Gasteiger partial charge in [-0.15, -0.1) is 0 Å². The lowest BCUT2D eigenvalue weighted by Gasteiger charge is -2.10. The van der Waals surface area contributed by atoms with Crippen LogP contribution in [0.1, 0.15) is 5.56 Å². The smallest absolute Gasteiger partial charge is 0.321 e. The van der Waals surface area contributed by atoms with Gasteiger partial charge >= 0.3 is 6.01 Å². The molecule has 1 heterocycles. The van der Waals surface area contributed by atoms with Crippen molar-refractivity contribution in [3.05, 3.63) is 66.2 Å². The number of hydrogen-bond donors (Lipinski definition) is 2. The number of para-hydroxylation sites is 1. The van der Waals surface area contributed by atoms with E-state index in [1.54, 1.807) is 19.3 Å². The summed E-state index contributed by atoms with van der Waals surface area (Å²) in [7, 11) is 0.336. The van der Waals surface area contributed by atoms with Crippen LogP contribution in [-0.4, -0.2) is 45.6 Å². The molecule has 0 aliphatic carbocycles. The predicted octanol–water partition coefficient (Wildman–Crippen LogP) is 2.96. The molecule has 0 saturated heterocycles. The predicted molar refractivity (Wildman–Crippen MR) is 123 cm³/mol. The summed E-state index contributed by atoms with van der Waals surface area (Å²) in [6.45, 7) is 0. The van der Waals surface area contributed by atoms with E-state index in [2.05, 4.69) is 20.0 Å². The molecule has 1 aromatic heterocycles. The molecule has 0 aliphatic heterocycles. The molecule has 1 amide bonds. The van der Waals surface area contributed by atoms with Gasteiger partial charge in [-0.05, 0) is 36.4 Å². The number of sulfonamides is 1. The van der Waals surface area contributed by atoms with E-state index in [9.17, 15) is 13.2 Å². The van der Waals surface area contributed by atoms with E-state index in [1.807, 2.05) is 18.2 Å². The topological polar surface area (TPSA) is 129 Å². The van der Waals surface area contributed by atoms with Crippen molar-refractivity contribution in [1.29, 1.82) is 0 Å². The molecule has 0 radical (unpaired) electrons. The van der Waals surface area contributed by atoms with E-state index >= 15 is 0 Å². The number of carbonyl (C=O) groups is 1. The minimum absolute atomic E-state index is 0.0162. The van der Waals surface area contributed by atoms with Crippen molar-refractivity contribution >= 4 is 33.5 Å². The molecule has 2 N–H and O–H groups in total. The van der Waals surface area contributed by atoms with E-state index in [0.29, 0.717) is 11.4 Å². The zero-order valence-electron chi connectivity index (χ0n) is 18.1. The fourth-order valence-electron chi connectivity index (χ4n) is 2.72. The molecule has 0 spiro atoms. The first-order valence-corrected chi connectivity index (χ1v) is 11.0. The fourth-order valence-corrected chi connectivity index (χ4v) is 3.71. The van der Waals surface area contributed by atoms with Crippen molar-refractivity contribution in [2.24, 2.45) is 0 Å². The molecule has 10 nitrogen and oxygen atoms in total. The van der Waals surface area contributed by atoms with Gasteiger partial charge in [0.15, 0.2) is 5.82 Å². The van der Waals surface area contributed by atoms with E-state index in [1.165, 1.54) is 50.6 Å². The minimum Gasteiger partial charge on any atom is -0.496 e. The second kappa shape index (κ2) is 10.5. The van der Waals surface area contributed by atoms with Gasteiger partial charge in [-0.1, -0.05) is 18.2 Å². The number of carbonyl (C=O) groups excluding carboxylic acids is 1. The Morgan fingerprint density at radius 1 is 0.939 bits per heavy atom. The lowest BCUT2D eigenvalue weighted by Crippen LogP contribution is -2.15. The van der Waals surface area contributed by atoms with E-state index in [-0.39, 0.29) is 28.5 Å². The highest BCUT2D eigenvalue weighted by Crippen LogP contribution is 2.22. The maximum absolute atomic E-state index is 12.7. The molecule has 0 atom stereocenters. The third-order valence-corrected chi connectivity index (χ3v) is 5.67. The van der Waals surface area contributed by atoms with Crippen LogP contribution in [0.3, 0.4) is 0 Å². The zero-order chi connectivity index (χ0) is 23.8. The van der Waals surface area contributed by atoms with Gasteiger partial charge in [0.05, 0.1) is 26.2 Å². The van der Waals surface area contributed by atoms with Crippen LogP contribution in [0.2, 0.25) is 0 Å². The summed E-state index contributed by atoms with van der Waals surface area (Å²) in [6.07, 6.45) is 2.99. The number of nitrogens with one attached hydrogen (secondary N) is 2. The van der Waals surface area contributed by atoms with Crippen molar-refractivity contribution in [2.75, 3.05) is 31.4 Å². The standard InChI is InChI=1S/C22H22N4O6S/c1-30-18-7-5-4-6-15(18)8-13-20(27)23-16-9-11-17(12-10-16)33(28,29)26-19-14-21(31-2)25-22(24-19)32-3/h4-14H,1-3H3,(H,23,27)(H,24,25,26). The second-order valence-electron chi connectivity index (χ2n) is 6.48. The zero-order valence-corrected chi connectivity index (χ0v) is 18.9. The summed E-state index contributed by atoms with van der Waals surface area (Å²) in [6, 6.07) is 14.2. The molecule has 3 aromatic rings. The Morgan fingerprint density at radius 2 is 1.67 bits per heavy atom. The molecule has 11 heteroatoms. The number of hydrogen-bond acceptors (Lipinski definition) is 8. The summed E-state index contributed by atoms with van der Waals surface area (Å²) in [5.41, 5.74) is 1.18. The van der Waals surface area contributed by atoms with Gasteiger partial charge in [0.25, 0.3) is 10.0 Å². The molecular formula is C22H22N4O6S. The molecule has 3 rings (SSSR count). The van der Waals surface area contributed by atoms with Gasteiger partial charge in [0.2, 0.25) is 11.8 Å². The Hall–Kier alpha value is -4.12. The van der Waals surface area contributed by atoms with Crippen LogP contribution < -0.4 is 24.2 Å².